The predicted octanol–water partition coefficient (Wildman–Crippen LogP) is 3.79. The van der Waals surface area contributed by atoms with Crippen molar-refractivity contribution >= 4 is 5.78 Å². The van der Waals surface area contributed by atoms with Crippen molar-refractivity contribution < 1.29 is 14.6 Å². The fourth-order valence-corrected chi connectivity index (χ4v) is 3.14. The van der Waals surface area contributed by atoms with Gasteiger partial charge in [-0.05, 0) is 42.7 Å². The van der Waals surface area contributed by atoms with Crippen molar-refractivity contribution in [2.45, 2.75) is 46.1 Å². The van der Waals surface area contributed by atoms with Gasteiger partial charge in [0.25, 0.3) is 0 Å². The highest BCUT2D eigenvalue weighted by atomic mass is 16.5. The number of Topliss-reactive ketones (excluding diaryl/α,β-unsaturated/α-hetero) is 1. The third kappa shape index (κ3) is 4.19. The Bertz CT molecular complexity index is 937. The number of H-pyrrole nitrogens is 1. The molecule has 0 saturated heterocycles. The van der Waals surface area contributed by atoms with Crippen LogP contribution in [0.25, 0.3) is 0 Å². The molecule has 7 heteroatoms. The number of rotatable bonds is 8. The highest BCUT2D eigenvalue weighted by Gasteiger charge is 2.16. The molecule has 1 aromatic heterocycles. The van der Waals surface area contributed by atoms with Gasteiger partial charge in [-0.15, -0.1) is 10.2 Å². The van der Waals surface area contributed by atoms with Crippen LogP contribution in [0.15, 0.2) is 36.4 Å². The summed E-state index contributed by atoms with van der Waals surface area (Å²) < 4.78 is 5.91. The van der Waals surface area contributed by atoms with E-state index in [1.54, 1.807) is 6.07 Å². The van der Waals surface area contributed by atoms with E-state index in [0.29, 0.717) is 24.4 Å². The molecule has 7 nitrogen and oxygen atoms in total. The van der Waals surface area contributed by atoms with Gasteiger partial charge in [-0.2, -0.15) is 5.21 Å². The van der Waals surface area contributed by atoms with Gasteiger partial charge in [0.05, 0.1) is 5.56 Å². The maximum absolute atomic E-state index is 11.7. The summed E-state index contributed by atoms with van der Waals surface area (Å²) in [5.41, 5.74) is 3.07. The van der Waals surface area contributed by atoms with Crippen molar-refractivity contribution in [1.29, 1.82) is 0 Å². The number of benzene rings is 2. The second-order valence-electron chi connectivity index (χ2n) is 6.75. The maximum atomic E-state index is 11.7. The Kier molecular flexibility index (Phi) is 6.03. The molecule has 0 radical (unpaired) electrons. The van der Waals surface area contributed by atoms with Crippen LogP contribution in [0.3, 0.4) is 0 Å². The van der Waals surface area contributed by atoms with Gasteiger partial charge in [0.15, 0.2) is 11.6 Å². The number of ketones is 1. The topological polar surface area (TPSA) is 101 Å². The Morgan fingerprint density at radius 2 is 1.96 bits per heavy atom. The second-order valence-corrected chi connectivity index (χ2v) is 6.75. The minimum absolute atomic E-state index is 0.0278. The molecule has 0 amide bonds. The van der Waals surface area contributed by atoms with E-state index in [4.69, 9.17) is 4.74 Å². The number of phenolic OH excluding ortho intramolecular Hbond substituents is 1. The monoisotopic (exact) mass is 380 g/mol. The number of aromatic hydroxyl groups is 1. The summed E-state index contributed by atoms with van der Waals surface area (Å²) in [7, 11) is 0. The van der Waals surface area contributed by atoms with Gasteiger partial charge in [-0.25, -0.2) is 0 Å². The Hall–Kier alpha value is -3.22. The zero-order chi connectivity index (χ0) is 20.1. The minimum Gasteiger partial charge on any atom is -0.507 e. The van der Waals surface area contributed by atoms with Gasteiger partial charge >= 0.3 is 0 Å². The van der Waals surface area contributed by atoms with Crippen molar-refractivity contribution in [3.63, 3.8) is 0 Å². The zero-order valence-corrected chi connectivity index (χ0v) is 16.3. The average molecular weight is 380 g/mol. The molecule has 2 N–H and O–H groups in total. The third-order valence-corrected chi connectivity index (χ3v) is 4.78. The lowest BCUT2D eigenvalue weighted by Crippen LogP contribution is -2.04. The van der Waals surface area contributed by atoms with Crippen LogP contribution < -0.4 is 4.74 Å². The molecule has 0 fully saturated rings. The van der Waals surface area contributed by atoms with Crippen molar-refractivity contribution in [1.82, 2.24) is 20.6 Å². The number of ether oxygens (including phenoxy) is 1. The summed E-state index contributed by atoms with van der Waals surface area (Å²) in [6.07, 6.45) is 1.55. The number of nitrogens with one attached hydrogen (secondary N) is 1. The van der Waals surface area contributed by atoms with Crippen LogP contribution in [0.1, 0.15) is 66.0 Å². The van der Waals surface area contributed by atoms with Crippen molar-refractivity contribution in [2.75, 3.05) is 0 Å². The smallest absolute Gasteiger partial charge is 0.181 e. The third-order valence-electron chi connectivity index (χ3n) is 4.78. The lowest BCUT2D eigenvalue weighted by atomic mass is 9.97. The molecule has 3 aromatic rings. The van der Waals surface area contributed by atoms with Crippen LogP contribution in [0.4, 0.5) is 0 Å². The number of aromatic amines is 1. The van der Waals surface area contributed by atoms with E-state index in [9.17, 15) is 9.90 Å². The fraction of sp³-hybridized carbons (Fsp3) is 0.333. The van der Waals surface area contributed by atoms with Gasteiger partial charge in [-0.3, -0.25) is 4.79 Å². The molecule has 0 aliphatic rings. The number of phenols is 1. The van der Waals surface area contributed by atoms with Gasteiger partial charge in [-0.1, -0.05) is 43.7 Å². The molecule has 0 aliphatic heterocycles. The van der Waals surface area contributed by atoms with Crippen LogP contribution >= 0.6 is 0 Å². The summed E-state index contributed by atoms with van der Waals surface area (Å²) in [5.74, 6) is 1.31. The summed E-state index contributed by atoms with van der Waals surface area (Å²) >= 11 is 0. The number of aromatic nitrogens is 4. The molecule has 1 unspecified atom stereocenters. The van der Waals surface area contributed by atoms with Crippen LogP contribution in [0.5, 0.6) is 11.5 Å². The van der Waals surface area contributed by atoms with Crippen molar-refractivity contribution in [3.05, 3.63) is 64.5 Å². The Morgan fingerprint density at radius 1 is 1.21 bits per heavy atom. The van der Waals surface area contributed by atoms with Crippen molar-refractivity contribution in [2.24, 2.45) is 0 Å². The molecule has 146 valence electrons. The van der Waals surface area contributed by atoms with Gasteiger partial charge < -0.3 is 9.84 Å². The first-order valence-corrected chi connectivity index (χ1v) is 9.32. The summed E-state index contributed by atoms with van der Waals surface area (Å²) in [5, 5.41) is 24.6. The van der Waals surface area contributed by atoms with E-state index in [-0.39, 0.29) is 17.5 Å². The van der Waals surface area contributed by atoms with Crippen LogP contribution in [0, 0.1) is 0 Å². The Labute approximate surface area is 163 Å². The molecule has 1 atom stereocenters. The van der Waals surface area contributed by atoms with E-state index in [0.717, 1.165) is 28.9 Å². The first kappa shape index (κ1) is 19.5. The normalized spacial score (nSPS) is 12.0. The maximum Gasteiger partial charge on any atom is 0.181 e. The number of carbonyl (C=O) groups is 1. The summed E-state index contributed by atoms with van der Waals surface area (Å²) in [6, 6.07) is 11.3. The molecule has 0 spiro atoms. The molecular formula is C21H24N4O3. The highest BCUT2D eigenvalue weighted by Crippen LogP contribution is 2.29. The Morgan fingerprint density at radius 3 is 2.57 bits per heavy atom. The lowest BCUT2D eigenvalue weighted by Gasteiger charge is -2.15. The van der Waals surface area contributed by atoms with Gasteiger partial charge in [0.1, 0.15) is 18.1 Å². The predicted molar refractivity (Wildman–Crippen MR) is 105 cm³/mol. The molecule has 28 heavy (non-hydrogen) atoms. The van der Waals surface area contributed by atoms with Crippen molar-refractivity contribution in [3.8, 4) is 11.5 Å². The molecule has 1 heterocycles. The van der Waals surface area contributed by atoms with E-state index < -0.39 is 0 Å². The molecule has 0 saturated carbocycles. The minimum atomic E-state index is -0.145. The number of tetrazole rings is 1. The van der Waals surface area contributed by atoms with Gasteiger partial charge in [0, 0.05) is 11.5 Å². The van der Waals surface area contributed by atoms with E-state index >= 15 is 0 Å². The second kappa shape index (κ2) is 8.65. The zero-order valence-electron chi connectivity index (χ0n) is 16.3. The average Bonchev–Trinajstić information content (AvgIpc) is 3.23. The number of carbonyl (C=O) groups excluding carboxylic acids is 1. The summed E-state index contributed by atoms with van der Waals surface area (Å²) in [6.45, 7) is 5.82. The molecule has 0 aliphatic carbocycles. The van der Waals surface area contributed by atoms with Crippen LogP contribution in [-0.2, 0) is 13.0 Å². The molecule has 3 rings (SSSR count). The number of hydrogen-bond acceptors (Lipinski definition) is 6. The van der Waals surface area contributed by atoms with Crippen LogP contribution in [-0.4, -0.2) is 31.5 Å². The van der Waals surface area contributed by atoms with E-state index in [1.165, 1.54) is 6.92 Å². The van der Waals surface area contributed by atoms with E-state index in [2.05, 4.69) is 20.6 Å². The lowest BCUT2D eigenvalue weighted by molar-refractivity contribution is 0.101. The SMILES string of the molecule is CCCc1c(COc2ccc(C(C)c3nn[nH]n3)cc2)ccc(C(C)=O)c1O. The molecule has 0 bridgehead atoms. The first-order valence-electron chi connectivity index (χ1n) is 9.32. The number of nitrogens with zero attached hydrogens (tertiary/aromatic N) is 3. The Balaban J connectivity index is 1.73. The van der Waals surface area contributed by atoms with Gasteiger partial charge in [0.2, 0.25) is 0 Å². The quantitative estimate of drug-likeness (QED) is 0.577. The first-order chi connectivity index (χ1) is 13.5. The summed E-state index contributed by atoms with van der Waals surface area (Å²) in [4.78, 5) is 11.7. The van der Waals surface area contributed by atoms with E-state index in [1.807, 2.05) is 44.2 Å². The standard InChI is InChI=1S/C21H24N4O3/c1-4-5-19-16(8-11-18(14(3)26)20(19)27)12-28-17-9-6-15(7-10-17)13(2)21-22-24-25-23-21/h6-11,13,27H,4-5,12H2,1-3H3,(H,22,23,24,25). The van der Waals surface area contributed by atoms with Crippen LogP contribution in [0.2, 0.25) is 0 Å². The molecule has 2 aromatic carbocycles. The number of hydrogen-bond donors (Lipinski definition) is 2. The molecular weight excluding hydrogens is 356 g/mol. The fourth-order valence-electron chi connectivity index (χ4n) is 3.14. The largest absolute Gasteiger partial charge is 0.507 e. The highest BCUT2D eigenvalue weighted by molar-refractivity contribution is 5.97.